The normalized spacial score (nSPS) is 16.8. The minimum Gasteiger partial charge on any atom is -0.352 e. The Labute approximate surface area is 186 Å². The Kier molecular flexibility index (Phi) is 6.94. The summed E-state index contributed by atoms with van der Waals surface area (Å²) in [4.78, 5) is 26.1. The van der Waals surface area contributed by atoms with Crippen LogP contribution in [0, 0.1) is 17.6 Å². The number of hydrogen-bond acceptors (Lipinski definition) is 4. The van der Waals surface area contributed by atoms with Crippen LogP contribution in [0.25, 0.3) is 0 Å². The van der Waals surface area contributed by atoms with Crippen LogP contribution in [0.5, 0.6) is 0 Å². The van der Waals surface area contributed by atoms with E-state index in [0.29, 0.717) is 11.6 Å². The van der Waals surface area contributed by atoms with Gasteiger partial charge < -0.3 is 10.2 Å². The predicted molar refractivity (Wildman–Crippen MR) is 115 cm³/mol. The van der Waals surface area contributed by atoms with Crippen molar-refractivity contribution < 1.29 is 26.8 Å². The Morgan fingerprint density at radius 2 is 1.84 bits per heavy atom. The first-order chi connectivity index (χ1) is 15.0. The summed E-state index contributed by atoms with van der Waals surface area (Å²) in [6.45, 7) is 3.70. The maximum absolute atomic E-state index is 14.0. The lowest BCUT2D eigenvalue weighted by Crippen LogP contribution is -2.33. The summed E-state index contributed by atoms with van der Waals surface area (Å²) in [5.74, 6) is -3.08. The molecule has 32 heavy (non-hydrogen) atoms. The van der Waals surface area contributed by atoms with Crippen molar-refractivity contribution >= 4 is 27.5 Å². The van der Waals surface area contributed by atoms with Crippen LogP contribution in [-0.2, 0) is 26.2 Å². The zero-order valence-corrected chi connectivity index (χ0v) is 18.8. The number of carbonyl (C=O) groups is 2. The lowest BCUT2D eigenvalue weighted by molar-refractivity contribution is -0.126. The number of benzene rings is 2. The van der Waals surface area contributed by atoms with E-state index in [2.05, 4.69) is 5.32 Å². The van der Waals surface area contributed by atoms with Gasteiger partial charge in [0.2, 0.25) is 21.8 Å². The zero-order chi connectivity index (χ0) is 23.6. The molecule has 1 aliphatic rings. The van der Waals surface area contributed by atoms with E-state index in [1.165, 1.54) is 29.6 Å². The van der Waals surface area contributed by atoms with Gasteiger partial charge in [0.05, 0.1) is 16.5 Å². The van der Waals surface area contributed by atoms with Crippen LogP contribution >= 0.6 is 0 Å². The molecule has 0 radical (unpaired) electrons. The molecule has 1 aliphatic heterocycles. The first kappa shape index (κ1) is 23.8. The minimum absolute atomic E-state index is 0.00800. The van der Waals surface area contributed by atoms with Gasteiger partial charge in [-0.15, -0.1) is 0 Å². The second-order valence-corrected chi connectivity index (χ2v) is 9.98. The average Bonchev–Trinajstić information content (AvgIpc) is 3.13. The number of halogens is 2. The summed E-state index contributed by atoms with van der Waals surface area (Å²) in [6.07, 6.45) is -0.0820. The van der Waals surface area contributed by atoms with E-state index in [1.807, 2.05) is 0 Å². The fourth-order valence-corrected chi connectivity index (χ4v) is 4.74. The number of anilines is 1. The van der Waals surface area contributed by atoms with Gasteiger partial charge in [-0.05, 0) is 43.7 Å². The van der Waals surface area contributed by atoms with Gasteiger partial charge in [0.1, 0.15) is 11.6 Å². The highest BCUT2D eigenvalue weighted by molar-refractivity contribution is 7.89. The van der Waals surface area contributed by atoms with E-state index in [0.717, 1.165) is 11.0 Å². The van der Waals surface area contributed by atoms with Gasteiger partial charge in [-0.2, -0.15) is 4.31 Å². The molecule has 0 aromatic heterocycles. The Morgan fingerprint density at radius 3 is 2.44 bits per heavy atom. The van der Waals surface area contributed by atoms with Gasteiger partial charge in [-0.3, -0.25) is 9.59 Å². The van der Waals surface area contributed by atoms with Crippen LogP contribution in [-0.4, -0.2) is 44.2 Å². The molecule has 172 valence electrons. The van der Waals surface area contributed by atoms with Gasteiger partial charge in [-0.25, -0.2) is 17.2 Å². The number of sulfonamides is 1. The van der Waals surface area contributed by atoms with Crippen LogP contribution in [0.4, 0.5) is 14.5 Å². The molecule has 1 unspecified atom stereocenters. The maximum Gasteiger partial charge on any atom is 0.243 e. The predicted octanol–water partition coefficient (Wildman–Crippen LogP) is 2.66. The van der Waals surface area contributed by atoms with E-state index < -0.39 is 33.5 Å². The van der Waals surface area contributed by atoms with Crippen LogP contribution in [0.3, 0.4) is 0 Å². The summed E-state index contributed by atoms with van der Waals surface area (Å²) < 4.78 is 53.4. The molecule has 2 amide bonds. The quantitative estimate of drug-likeness (QED) is 0.681. The summed E-state index contributed by atoms with van der Waals surface area (Å²) in [5.41, 5.74) is 0.630. The fourth-order valence-electron chi connectivity index (χ4n) is 3.37. The fraction of sp³-hybridized carbons (Fsp3) is 0.364. The van der Waals surface area contributed by atoms with Crippen molar-refractivity contribution in [2.75, 3.05) is 18.5 Å². The first-order valence-electron chi connectivity index (χ1n) is 10.1. The van der Waals surface area contributed by atoms with Crippen molar-refractivity contribution in [2.24, 2.45) is 5.92 Å². The van der Waals surface area contributed by atoms with Crippen molar-refractivity contribution in [3.63, 3.8) is 0 Å². The smallest absolute Gasteiger partial charge is 0.243 e. The number of carbonyl (C=O) groups excluding carboxylic acids is 2. The average molecular weight is 466 g/mol. The van der Waals surface area contributed by atoms with Gasteiger partial charge in [0, 0.05) is 38.7 Å². The monoisotopic (exact) mass is 465 g/mol. The van der Waals surface area contributed by atoms with Crippen molar-refractivity contribution in [1.29, 1.82) is 0 Å². The SMILES string of the molecule is CC(C)N(C)S(=O)(=O)c1ccc(CNC(=O)C2CC(=O)N(c3ccc(F)cc3F)C2)cc1. The molecule has 0 bridgehead atoms. The third kappa shape index (κ3) is 4.97. The van der Waals surface area contributed by atoms with Crippen LogP contribution in [0.2, 0.25) is 0 Å². The van der Waals surface area contributed by atoms with E-state index in [4.69, 9.17) is 0 Å². The molecule has 0 saturated carbocycles. The van der Waals surface area contributed by atoms with Crippen LogP contribution < -0.4 is 10.2 Å². The molecule has 0 aliphatic carbocycles. The van der Waals surface area contributed by atoms with Gasteiger partial charge >= 0.3 is 0 Å². The molecule has 1 saturated heterocycles. The number of rotatable bonds is 7. The molecule has 1 fully saturated rings. The Morgan fingerprint density at radius 1 is 1.19 bits per heavy atom. The lowest BCUT2D eigenvalue weighted by atomic mass is 10.1. The number of amides is 2. The molecule has 10 heteroatoms. The number of hydrogen-bond donors (Lipinski definition) is 1. The van der Waals surface area contributed by atoms with E-state index >= 15 is 0 Å². The summed E-state index contributed by atoms with van der Waals surface area (Å²) >= 11 is 0. The topological polar surface area (TPSA) is 86.8 Å². The highest BCUT2D eigenvalue weighted by Crippen LogP contribution is 2.28. The van der Waals surface area contributed by atoms with Gasteiger partial charge in [-0.1, -0.05) is 12.1 Å². The molecule has 2 aromatic carbocycles. The Bertz CT molecular complexity index is 1120. The zero-order valence-electron chi connectivity index (χ0n) is 18.0. The number of nitrogens with zero attached hydrogens (tertiary/aromatic N) is 2. The minimum atomic E-state index is -3.60. The lowest BCUT2D eigenvalue weighted by Gasteiger charge is -2.21. The van der Waals surface area contributed by atoms with Crippen molar-refractivity contribution in [3.05, 3.63) is 59.7 Å². The summed E-state index contributed by atoms with van der Waals surface area (Å²) in [6, 6.07) is 8.93. The maximum atomic E-state index is 14.0. The van der Waals surface area contributed by atoms with Crippen molar-refractivity contribution in [2.45, 2.75) is 37.8 Å². The van der Waals surface area contributed by atoms with Crippen LogP contribution in [0.15, 0.2) is 47.4 Å². The highest BCUT2D eigenvalue weighted by atomic mass is 32.2. The van der Waals surface area contributed by atoms with Crippen LogP contribution in [0.1, 0.15) is 25.8 Å². The Balaban J connectivity index is 1.61. The third-order valence-corrected chi connectivity index (χ3v) is 7.54. The largest absolute Gasteiger partial charge is 0.352 e. The van der Waals surface area contributed by atoms with E-state index in [9.17, 15) is 26.8 Å². The van der Waals surface area contributed by atoms with Gasteiger partial charge in [0.25, 0.3) is 0 Å². The molecule has 2 aromatic rings. The van der Waals surface area contributed by atoms with Crippen molar-refractivity contribution in [3.8, 4) is 0 Å². The first-order valence-corrected chi connectivity index (χ1v) is 11.5. The molecular formula is C22H25F2N3O4S. The third-order valence-electron chi connectivity index (χ3n) is 5.49. The standard InChI is InChI=1S/C22H25F2N3O4S/c1-14(2)26(3)32(30,31)18-7-4-15(5-8-18)12-25-22(29)16-10-21(28)27(13-16)20-9-6-17(23)11-19(20)24/h4-9,11,14,16H,10,12-13H2,1-3H3,(H,25,29). The molecule has 1 atom stereocenters. The number of nitrogens with one attached hydrogen (secondary N) is 1. The molecule has 1 heterocycles. The molecule has 3 rings (SSSR count). The Hall–Kier alpha value is -2.85. The second-order valence-electron chi connectivity index (χ2n) is 7.98. The van der Waals surface area contributed by atoms with Gasteiger partial charge in [0.15, 0.2) is 0 Å². The van der Waals surface area contributed by atoms with E-state index in [-0.39, 0.29) is 42.0 Å². The highest BCUT2D eigenvalue weighted by Gasteiger charge is 2.36. The van der Waals surface area contributed by atoms with Crippen molar-refractivity contribution in [1.82, 2.24) is 9.62 Å². The molecule has 7 nitrogen and oxygen atoms in total. The summed E-state index contributed by atoms with van der Waals surface area (Å²) in [7, 11) is -2.08. The molecular weight excluding hydrogens is 440 g/mol. The second kappa shape index (κ2) is 9.33. The summed E-state index contributed by atoms with van der Waals surface area (Å²) in [5, 5.41) is 2.72. The molecule has 1 N–H and O–H groups in total. The van der Waals surface area contributed by atoms with E-state index in [1.54, 1.807) is 26.0 Å². The molecule has 0 spiro atoms.